The number of rotatable bonds is 5. The van der Waals surface area contributed by atoms with Gasteiger partial charge in [0.15, 0.2) is 11.5 Å². The van der Waals surface area contributed by atoms with Crippen LogP contribution in [0.2, 0.25) is 0 Å². The molecule has 6 nitrogen and oxygen atoms in total. The van der Waals surface area contributed by atoms with Gasteiger partial charge in [0, 0.05) is 32.1 Å². The number of nitrogens with one attached hydrogen (secondary N) is 2. The van der Waals surface area contributed by atoms with Crippen molar-refractivity contribution in [1.82, 2.24) is 10.2 Å². The number of benzene rings is 2. The van der Waals surface area contributed by atoms with Crippen LogP contribution in [0, 0.1) is 6.92 Å². The minimum absolute atomic E-state index is 0.0651. The first kappa shape index (κ1) is 24.4. The first-order valence-corrected chi connectivity index (χ1v) is 12.8. The van der Waals surface area contributed by atoms with E-state index in [4.69, 9.17) is 9.47 Å². The highest BCUT2D eigenvalue weighted by atomic mass is 79.9. The first-order chi connectivity index (χ1) is 15.8. The van der Waals surface area contributed by atoms with Crippen molar-refractivity contribution in [2.24, 2.45) is 0 Å². The lowest BCUT2D eigenvalue weighted by Crippen LogP contribution is -2.52. The van der Waals surface area contributed by atoms with Gasteiger partial charge < -0.3 is 25.0 Å². The average Bonchev–Trinajstić information content (AvgIpc) is 3.14. The molecule has 2 aromatic carbocycles. The average molecular weight is 581 g/mol. The number of methoxy groups -OCH3 is 2. The Morgan fingerprint density at radius 1 is 1.09 bits per heavy atom. The number of hydrogen-bond acceptors (Lipinski definition) is 4. The van der Waals surface area contributed by atoms with E-state index in [2.05, 4.69) is 66.6 Å². The molecule has 3 atom stereocenters. The van der Waals surface area contributed by atoms with Crippen molar-refractivity contribution in [1.29, 1.82) is 0 Å². The van der Waals surface area contributed by atoms with Crippen LogP contribution in [-0.4, -0.2) is 50.8 Å². The van der Waals surface area contributed by atoms with Crippen LogP contribution in [0.3, 0.4) is 0 Å². The summed E-state index contributed by atoms with van der Waals surface area (Å²) in [6.45, 7) is 3.06. The molecule has 1 saturated carbocycles. The van der Waals surface area contributed by atoms with Crippen molar-refractivity contribution in [2.45, 2.75) is 50.1 Å². The van der Waals surface area contributed by atoms with Crippen LogP contribution >= 0.6 is 31.9 Å². The molecule has 2 aromatic rings. The molecule has 2 aliphatic rings. The Kier molecular flexibility index (Phi) is 7.26. The highest BCUT2D eigenvalue weighted by molar-refractivity contribution is 9.11. The summed E-state index contributed by atoms with van der Waals surface area (Å²) in [5.74, 6) is 1.52. The summed E-state index contributed by atoms with van der Waals surface area (Å²) < 4.78 is 12.9. The van der Waals surface area contributed by atoms with Gasteiger partial charge in [-0.05, 0) is 81.6 Å². The van der Waals surface area contributed by atoms with Crippen LogP contribution in [0.25, 0.3) is 0 Å². The van der Waals surface area contributed by atoms with Crippen LogP contribution in [0.5, 0.6) is 11.5 Å². The van der Waals surface area contributed by atoms with E-state index in [1.54, 1.807) is 14.2 Å². The monoisotopic (exact) mass is 579 g/mol. The SMILES string of the molecule is COc1ccc([C@@]23CC[C@H](NC(=O)Nc4cc(Br)c(C)c(Br)c4)C[C@H]2N(C)CC3)cc1OC. The van der Waals surface area contributed by atoms with Gasteiger partial charge in [-0.15, -0.1) is 0 Å². The summed E-state index contributed by atoms with van der Waals surface area (Å²) in [4.78, 5) is 15.2. The topological polar surface area (TPSA) is 62.8 Å². The lowest BCUT2D eigenvalue weighted by atomic mass is 9.65. The van der Waals surface area contributed by atoms with Gasteiger partial charge in [0.05, 0.1) is 14.2 Å². The zero-order valence-electron chi connectivity index (χ0n) is 19.5. The fourth-order valence-corrected chi connectivity index (χ4v) is 6.65. The number of anilines is 1. The fraction of sp³-hybridized carbons (Fsp3) is 0.480. The second-order valence-electron chi connectivity index (χ2n) is 9.11. The molecule has 0 spiro atoms. The van der Waals surface area contributed by atoms with E-state index in [9.17, 15) is 4.79 Å². The standard InChI is InChI=1S/C25H31Br2N3O3/c1-15-19(26)12-18(13-20(15)27)29-24(31)28-17-7-8-25(9-10-30(2)23(25)14-17)16-5-6-21(32-3)22(11-16)33-4/h5-6,11-13,17,23H,7-10,14H2,1-4H3,(H2,28,29,31)/t17-,23+,25-/m0/s1. The van der Waals surface area contributed by atoms with Crippen molar-refractivity contribution in [3.63, 3.8) is 0 Å². The molecule has 2 N–H and O–H groups in total. The number of halogens is 2. The molecular formula is C25H31Br2N3O3. The third-order valence-electron chi connectivity index (χ3n) is 7.36. The van der Waals surface area contributed by atoms with Crippen molar-refractivity contribution in [2.75, 3.05) is 33.1 Å². The summed E-state index contributed by atoms with van der Waals surface area (Å²) in [5.41, 5.74) is 3.22. The summed E-state index contributed by atoms with van der Waals surface area (Å²) >= 11 is 7.09. The van der Waals surface area contributed by atoms with E-state index >= 15 is 0 Å². The van der Waals surface area contributed by atoms with E-state index < -0.39 is 0 Å². The number of ether oxygens (including phenoxy) is 2. The van der Waals surface area contributed by atoms with Gasteiger partial charge in [-0.1, -0.05) is 37.9 Å². The molecule has 33 heavy (non-hydrogen) atoms. The fourth-order valence-electron chi connectivity index (χ4n) is 5.46. The molecule has 1 saturated heterocycles. The molecule has 0 bridgehead atoms. The normalized spacial score (nSPS) is 24.8. The lowest BCUT2D eigenvalue weighted by molar-refractivity contribution is 0.156. The Morgan fingerprint density at radius 3 is 2.45 bits per heavy atom. The second kappa shape index (κ2) is 9.84. The van der Waals surface area contributed by atoms with Crippen LogP contribution in [-0.2, 0) is 5.41 Å². The largest absolute Gasteiger partial charge is 0.493 e. The minimum atomic E-state index is -0.165. The molecular weight excluding hydrogens is 550 g/mol. The van der Waals surface area contributed by atoms with E-state index in [0.29, 0.717) is 6.04 Å². The first-order valence-electron chi connectivity index (χ1n) is 11.2. The Labute approximate surface area is 212 Å². The molecule has 2 fully saturated rings. The van der Waals surface area contributed by atoms with E-state index in [1.807, 2.05) is 25.1 Å². The maximum atomic E-state index is 12.8. The van der Waals surface area contributed by atoms with E-state index in [1.165, 1.54) is 5.56 Å². The van der Waals surface area contributed by atoms with Crippen LogP contribution in [0.1, 0.15) is 36.8 Å². The smallest absolute Gasteiger partial charge is 0.319 e. The molecule has 8 heteroatoms. The molecule has 4 rings (SSSR count). The number of fused-ring (bicyclic) bond motifs is 1. The number of likely N-dealkylation sites (tertiary alicyclic amines) is 1. The molecule has 0 aromatic heterocycles. The molecule has 1 aliphatic heterocycles. The van der Waals surface area contributed by atoms with Crippen molar-refractivity contribution >= 4 is 43.6 Å². The predicted octanol–water partition coefficient (Wildman–Crippen LogP) is 5.85. The number of likely N-dealkylation sites (N-methyl/N-ethyl adjacent to an activating group) is 1. The molecule has 178 valence electrons. The molecule has 0 radical (unpaired) electrons. The van der Waals surface area contributed by atoms with Crippen LogP contribution in [0.15, 0.2) is 39.3 Å². The van der Waals surface area contributed by atoms with Gasteiger partial charge in [-0.3, -0.25) is 0 Å². The van der Waals surface area contributed by atoms with Crippen molar-refractivity contribution < 1.29 is 14.3 Å². The third-order valence-corrected chi connectivity index (χ3v) is 9.01. The predicted molar refractivity (Wildman–Crippen MR) is 139 cm³/mol. The number of carbonyl (C=O) groups is 1. The van der Waals surface area contributed by atoms with Crippen molar-refractivity contribution in [3.05, 3.63) is 50.4 Å². The molecule has 0 unspecified atom stereocenters. The number of amides is 2. The molecule has 2 amide bonds. The summed E-state index contributed by atoms with van der Waals surface area (Å²) in [7, 11) is 5.54. The minimum Gasteiger partial charge on any atom is -0.493 e. The zero-order valence-corrected chi connectivity index (χ0v) is 22.7. The van der Waals surface area contributed by atoms with Gasteiger partial charge in [-0.2, -0.15) is 0 Å². The molecule has 1 heterocycles. The Hall–Kier alpha value is -1.77. The Bertz CT molecular complexity index is 1020. The van der Waals surface area contributed by atoms with Gasteiger partial charge in [0.1, 0.15) is 0 Å². The van der Waals surface area contributed by atoms with Gasteiger partial charge in [-0.25, -0.2) is 4.79 Å². The van der Waals surface area contributed by atoms with Gasteiger partial charge in [0.25, 0.3) is 0 Å². The van der Waals surface area contributed by atoms with Gasteiger partial charge >= 0.3 is 6.03 Å². The maximum absolute atomic E-state index is 12.8. The zero-order chi connectivity index (χ0) is 23.8. The number of hydrogen-bond donors (Lipinski definition) is 2. The highest BCUT2D eigenvalue weighted by Gasteiger charge is 2.50. The lowest BCUT2D eigenvalue weighted by Gasteiger charge is -2.45. The summed E-state index contributed by atoms with van der Waals surface area (Å²) in [6.07, 6.45) is 3.98. The Balaban J connectivity index is 1.48. The summed E-state index contributed by atoms with van der Waals surface area (Å²) in [6, 6.07) is 10.5. The second-order valence-corrected chi connectivity index (χ2v) is 10.8. The Morgan fingerprint density at radius 2 is 1.79 bits per heavy atom. The summed E-state index contributed by atoms with van der Waals surface area (Å²) in [5, 5.41) is 6.20. The third kappa shape index (κ3) is 4.75. The van der Waals surface area contributed by atoms with Gasteiger partial charge in [0.2, 0.25) is 0 Å². The quantitative estimate of drug-likeness (QED) is 0.465. The highest BCUT2D eigenvalue weighted by Crippen LogP contribution is 2.49. The van der Waals surface area contributed by atoms with Crippen LogP contribution in [0.4, 0.5) is 10.5 Å². The van der Waals surface area contributed by atoms with E-state index in [-0.39, 0.29) is 17.5 Å². The van der Waals surface area contributed by atoms with Crippen molar-refractivity contribution in [3.8, 4) is 11.5 Å². The maximum Gasteiger partial charge on any atom is 0.319 e. The number of nitrogens with zero attached hydrogens (tertiary/aromatic N) is 1. The van der Waals surface area contributed by atoms with Crippen LogP contribution < -0.4 is 20.1 Å². The molecule has 1 aliphatic carbocycles. The number of carbonyl (C=O) groups excluding carboxylic acids is 1. The number of urea groups is 1. The van der Waals surface area contributed by atoms with E-state index in [0.717, 1.165) is 63.9 Å².